The first-order valence-electron chi connectivity index (χ1n) is 7.02. The molecular weight excluding hydrogens is 269 g/mol. The summed E-state index contributed by atoms with van der Waals surface area (Å²) in [5.41, 5.74) is 3.23. The van der Waals surface area contributed by atoms with Gasteiger partial charge in [-0.1, -0.05) is 36.4 Å². The molecule has 0 bridgehead atoms. The third kappa shape index (κ3) is 1.90. The van der Waals surface area contributed by atoms with Crippen molar-refractivity contribution in [2.24, 2.45) is 0 Å². The van der Waals surface area contributed by atoms with Crippen molar-refractivity contribution in [1.29, 1.82) is 0 Å². The molecular formula is C17H14FNO2. The second-order valence-corrected chi connectivity index (χ2v) is 5.50. The first-order valence-corrected chi connectivity index (χ1v) is 7.02. The van der Waals surface area contributed by atoms with E-state index in [0.29, 0.717) is 6.61 Å². The molecule has 1 fully saturated rings. The smallest absolute Gasteiger partial charge is 0.411 e. The van der Waals surface area contributed by atoms with Crippen LogP contribution in [0.15, 0.2) is 48.5 Å². The van der Waals surface area contributed by atoms with Gasteiger partial charge >= 0.3 is 6.09 Å². The lowest BCUT2D eigenvalue weighted by molar-refractivity contribution is 0.148. The van der Waals surface area contributed by atoms with Gasteiger partial charge in [0.1, 0.15) is 12.4 Å². The Labute approximate surface area is 122 Å². The maximum absolute atomic E-state index is 13.2. The van der Waals surface area contributed by atoms with Crippen LogP contribution >= 0.6 is 0 Å². The van der Waals surface area contributed by atoms with Gasteiger partial charge in [0.05, 0.1) is 12.1 Å². The molecule has 0 radical (unpaired) electrons. The van der Waals surface area contributed by atoms with Crippen molar-refractivity contribution in [1.82, 2.24) is 4.90 Å². The fraction of sp³-hybridized carbons (Fsp3) is 0.235. The standard InChI is InChI=1S/C17H14FNO2/c18-13-7-5-11(6-8-13)16-15-4-2-1-3-12(15)9-14-10-21-17(20)19(14)16/h1-8,14,16H,9-10H2/t14-,16+/m0/s1. The van der Waals surface area contributed by atoms with Crippen molar-refractivity contribution in [2.75, 3.05) is 6.61 Å². The number of benzene rings is 2. The van der Waals surface area contributed by atoms with E-state index in [-0.39, 0.29) is 24.0 Å². The SMILES string of the molecule is O=C1OC[C@@H]2Cc3ccccc3[C@@H](c3ccc(F)cc3)N12. The Bertz CT molecular complexity index is 698. The fourth-order valence-electron chi connectivity index (χ4n) is 3.32. The van der Waals surface area contributed by atoms with E-state index in [2.05, 4.69) is 6.07 Å². The van der Waals surface area contributed by atoms with Gasteiger partial charge in [0.2, 0.25) is 0 Å². The Morgan fingerprint density at radius 1 is 1.10 bits per heavy atom. The van der Waals surface area contributed by atoms with Gasteiger partial charge in [-0.3, -0.25) is 4.90 Å². The van der Waals surface area contributed by atoms with Crippen LogP contribution in [0.2, 0.25) is 0 Å². The molecule has 0 aromatic heterocycles. The summed E-state index contributed by atoms with van der Waals surface area (Å²) in [6.07, 6.45) is 0.517. The Morgan fingerprint density at radius 3 is 2.67 bits per heavy atom. The Hall–Kier alpha value is -2.36. The number of hydrogen-bond acceptors (Lipinski definition) is 2. The molecule has 0 N–H and O–H groups in total. The highest BCUT2D eigenvalue weighted by Crippen LogP contribution is 2.40. The molecule has 0 aliphatic carbocycles. The van der Waals surface area contributed by atoms with Crippen LogP contribution in [0.25, 0.3) is 0 Å². The molecule has 4 rings (SSSR count). The number of rotatable bonds is 1. The van der Waals surface area contributed by atoms with Crippen LogP contribution in [0.5, 0.6) is 0 Å². The minimum Gasteiger partial charge on any atom is -0.447 e. The number of cyclic esters (lactones) is 1. The summed E-state index contributed by atoms with van der Waals surface area (Å²) in [6.45, 7) is 0.421. The zero-order chi connectivity index (χ0) is 14.4. The molecule has 2 aromatic carbocycles. The number of hydrogen-bond donors (Lipinski definition) is 0. The van der Waals surface area contributed by atoms with Crippen molar-refractivity contribution in [3.63, 3.8) is 0 Å². The highest BCUT2D eigenvalue weighted by molar-refractivity contribution is 5.72. The van der Waals surface area contributed by atoms with E-state index < -0.39 is 0 Å². The quantitative estimate of drug-likeness (QED) is 0.803. The molecule has 2 atom stereocenters. The van der Waals surface area contributed by atoms with E-state index in [1.165, 1.54) is 17.7 Å². The van der Waals surface area contributed by atoms with E-state index in [0.717, 1.165) is 17.5 Å². The van der Waals surface area contributed by atoms with Crippen LogP contribution in [0.4, 0.5) is 9.18 Å². The number of amides is 1. The number of carbonyl (C=O) groups is 1. The molecule has 0 saturated carbocycles. The summed E-state index contributed by atoms with van der Waals surface area (Å²) in [6, 6.07) is 14.3. The van der Waals surface area contributed by atoms with Gasteiger partial charge in [-0.2, -0.15) is 0 Å². The van der Waals surface area contributed by atoms with Crippen LogP contribution in [0.1, 0.15) is 22.7 Å². The van der Waals surface area contributed by atoms with E-state index in [1.54, 1.807) is 17.0 Å². The summed E-state index contributed by atoms with van der Waals surface area (Å²) in [7, 11) is 0. The first kappa shape index (κ1) is 12.4. The Morgan fingerprint density at radius 2 is 1.86 bits per heavy atom. The normalized spacial score (nSPS) is 23.5. The van der Waals surface area contributed by atoms with E-state index in [4.69, 9.17) is 4.74 Å². The number of nitrogens with zero attached hydrogens (tertiary/aromatic N) is 1. The molecule has 2 aliphatic heterocycles. The minimum atomic E-state index is -0.288. The molecule has 1 saturated heterocycles. The molecule has 2 aromatic rings. The topological polar surface area (TPSA) is 29.5 Å². The van der Waals surface area contributed by atoms with Crippen molar-refractivity contribution in [2.45, 2.75) is 18.5 Å². The van der Waals surface area contributed by atoms with Gasteiger partial charge < -0.3 is 4.74 Å². The summed E-state index contributed by atoms with van der Waals surface area (Å²) in [5, 5.41) is 0. The van der Waals surface area contributed by atoms with Gasteiger partial charge in [-0.05, 0) is 35.2 Å². The Kier molecular flexibility index (Phi) is 2.70. The average molecular weight is 283 g/mol. The molecule has 1 amide bonds. The lowest BCUT2D eigenvalue weighted by atomic mass is 9.85. The average Bonchev–Trinajstić information content (AvgIpc) is 2.87. The predicted octanol–water partition coefficient (Wildman–Crippen LogP) is 3.29. The van der Waals surface area contributed by atoms with Crippen molar-refractivity contribution in [3.8, 4) is 0 Å². The fourth-order valence-corrected chi connectivity index (χ4v) is 3.32. The molecule has 2 aliphatic rings. The van der Waals surface area contributed by atoms with Crippen LogP contribution in [0, 0.1) is 5.82 Å². The third-order valence-corrected chi connectivity index (χ3v) is 4.27. The van der Waals surface area contributed by atoms with Gasteiger partial charge in [0.25, 0.3) is 0 Å². The van der Waals surface area contributed by atoms with E-state index in [9.17, 15) is 9.18 Å². The second kappa shape index (κ2) is 4.58. The zero-order valence-electron chi connectivity index (χ0n) is 11.3. The first-order chi connectivity index (χ1) is 10.2. The lowest BCUT2D eigenvalue weighted by Gasteiger charge is -2.37. The summed E-state index contributed by atoms with van der Waals surface area (Å²) in [4.78, 5) is 13.9. The highest BCUT2D eigenvalue weighted by atomic mass is 19.1. The van der Waals surface area contributed by atoms with E-state index >= 15 is 0 Å². The van der Waals surface area contributed by atoms with Gasteiger partial charge in [-0.25, -0.2) is 9.18 Å². The third-order valence-electron chi connectivity index (χ3n) is 4.27. The second-order valence-electron chi connectivity index (χ2n) is 5.50. The number of fused-ring (bicyclic) bond motifs is 2. The number of halogens is 1. The van der Waals surface area contributed by atoms with Crippen LogP contribution in [0.3, 0.4) is 0 Å². The van der Waals surface area contributed by atoms with Crippen molar-refractivity contribution < 1.29 is 13.9 Å². The molecule has 0 spiro atoms. The largest absolute Gasteiger partial charge is 0.447 e. The van der Waals surface area contributed by atoms with Gasteiger partial charge in [0.15, 0.2) is 0 Å². The lowest BCUT2D eigenvalue weighted by Crippen LogP contribution is -2.42. The molecule has 3 nitrogen and oxygen atoms in total. The molecule has 4 heteroatoms. The summed E-state index contributed by atoms with van der Waals surface area (Å²) < 4.78 is 18.4. The summed E-state index contributed by atoms with van der Waals surface area (Å²) in [5.74, 6) is -0.275. The van der Waals surface area contributed by atoms with Gasteiger partial charge in [-0.15, -0.1) is 0 Å². The maximum Gasteiger partial charge on any atom is 0.411 e. The van der Waals surface area contributed by atoms with Crippen LogP contribution < -0.4 is 0 Å². The van der Waals surface area contributed by atoms with Crippen molar-refractivity contribution in [3.05, 3.63) is 71.0 Å². The monoisotopic (exact) mass is 283 g/mol. The summed E-state index contributed by atoms with van der Waals surface area (Å²) >= 11 is 0. The van der Waals surface area contributed by atoms with Crippen LogP contribution in [-0.2, 0) is 11.2 Å². The maximum atomic E-state index is 13.2. The molecule has 21 heavy (non-hydrogen) atoms. The molecule has 0 unspecified atom stereocenters. The minimum absolute atomic E-state index is 0.0578. The molecule has 106 valence electrons. The molecule has 2 heterocycles. The predicted molar refractivity (Wildman–Crippen MR) is 75.4 cm³/mol. The number of carbonyl (C=O) groups excluding carboxylic acids is 1. The van der Waals surface area contributed by atoms with Crippen LogP contribution in [-0.4, -0.2) is 23.6 Å². The van der Waals surface area contributed by atoms with E-state index in [1.807, 2.05) is 18.2 Å². The van der Waals surface area contributed by atoms with Gasteiger partial charge in [0, 0.05) is 0 Å². The number of ether oxygens (including phenoxy) is 1. The zero-order valence-corrected chi connectivity index (χ0v) is 11.3. The highest BCUT2D eigenvalue weighted by Gasteiger charge is 2.43. The Balaban J connectivity index is 1.88. The van der Waals surface area contributed by atoms with Crippen molar-refractivity contribution >= 4 is 6.09 Å².